The molecule has 1 saturated carbocycles. The van der Waals surface area contributed by atoms with E-state index in [1.54, 1.807) is 15.6 Å². The van der Waals surface area contributed by atoms with E-state index in [0.717, 1.165) is 24.8 Å². The molecule has 1 spiro atoms. The van der Waals surface area contributed by atoms with Crippen molar-refractivity contribution in [3.63, 3.8) is 0 Å². The van der Waals surface area contributed by atoms with Gasteiger partial charge in [0.05, 0.1) is 29.9 Å². The summed E-state index contributed by atoms with van der Waals surface area (Å²) in [4.78, 5) is 27.6. The summed E-state index contributed by atoms with van der Waals surface area (Å²) in [6, 6.07) is 5.59. The summed E-state index contributed by atoms with van der Waals surface area (Å²) in [6.45, 7) is 8.16. The lowest BCUT2D eigenvalue weighted by molar-refractivity contribution is 0.00212. The van der Waals surface area contributed by atoms with E-state index >= 15 is 0 Å². The van der Waals surface area contributed by atoms with E-state index in [4.69, 9.17) is 27.0 Å². The molecule has 2 aliphatic rings. The second-order valence-corrected chi connectivity index (χ2v) is 9.74. The minimum absolute atomic E-state index is 0.184. The first-order valence-electron chi connectivity index (χ1n) is 10.6. The lowest BCUT2D eigenvalue weighted by Crippen LogP contribution is -2.50. The molecular formula is C22H27ClN6O3. The van der Waals surface area contributed by atoms with Crippen LogP contribution in [0.5, 0.6) is 0 Å². The number of carbonyl (C=O) groups excluding carboxylic acids is 2. The minimum Gasteiger partial charge on any atom is -0.444 e. The molecule has 32 heavy (non-hydrogen) atoms. The monoisotopic (exact) mass is 458 g/mol. The third kappa shape index (κ3) is 3.97. The molecule has 170 valence electrons. The number of hydrogen-bond donors (Lipinski definition) is 2. The van der Waals surface area contributed by atoms with Crippen molar-refractivity contribution in [1.29, 1.82) is 5.53 Å². The molecule has 10 heteroatoms. The van der Waals surface area contributed by atoms with E-state index in [1.807, 2.05) is 39.8 Å². The molecule has 0 bridgehead atoms. The summed E-state index contributed by atoms with van der Waals surface area (Å²) in [6.07, 6.45) is 2.08. The Labute approximate surface area is 191 Å². The topological polar surface area (TPSA) is 113 Å². The zero-order chi connectivity index (χ0) is 23.3. The second kappa shape index (κ2) is 7.88. The Bertz CT molecular complexity index is 1100. The molecule has 1 aliphatic heterocycles. The summed E-state index contributed by atoms with van der Waals surface area (Å²) in [7, 11) is 0. The quantitative estimate of drug-likeness (QED) is 0.509. The Morgan fingerprint density at radius 1 is 1.34 bits per heavy atom. The van der Waals surface area contributed by atoms with Crippen molar-refractivity contribution in [2.75, 3.05) is 0 Å². The van der Waals surface area contributed by atoms with Gasteiger partial charge in [0.15, 0.2) is 0 Å². The standard InChI is InChI=1S/C22H27ClN6O3/c1-5-13-6-7-14(10-15(13)23)18-17(19(30)25-27-24)16-11-28(20(31)32-21(2,3)4)22(8-9-22)12-29(16)26-18/h6-7,10H,5,8-9,11-12H2,1-4H3,(H2,24,25,30). The maximum atomic E-state index is 13.0. The van der Waals surface area contributed by atoms with Crippen molar-refractivity contribution in [2.45, 2.75) is 71.2 Å². The molecule has 0 saturated heterocycles. The molecule has 2 aromatic rings. The molecule has 4 rings (SSSR count). The van der Waals surface area contributed by atoms with Crippen LogP contribution in [0.2, 0.25) is 5.02 Å². The Morgan fingerprint density at radius 2 is 2.06 bits per heavy atom. The number of nitrogens with zero attached hydrogens (tertiary/aromatic N) is 4. The molecule has 1 aromatic carbocycles. The van der Waals surface area contributed by atoms with Gasteiger partial charge in [-0.2, -0.15) is 10.6 Å². The fourth-order valence-electron chi connectivity index (χ4n) is 4.15. The van der Waals surface area contributed by atoms with Gasteiger partial charge in [0.1, 0.15) is 11.3 Å². The number of hydrogen-bond acceptors (Lipinski definition) is 6. The highest BCUT2D eigenvalue weighted by molar-refractivity contribution is 6.31. The summed E-state index contributed by atoms with van der Waals surface area (Å²) < 4.78 is 7.43. The first-order chi connectivity index (χ1) is 15.1. The van der Waals surface area contributed by atoms with Crippen LogP contribution < -0.4 is 5.43 Å². The molecule has 9 nitrogen and oxygen atoms in total. The highest BCUT2D eigenvalue weighted by atomic mass is 35.5. The predicted molar refractivity (Wildman–Crippen MR) is 118 cm³/mol. The normalized spacial score (nSPS) is 16.5. The van der Waals surface area contributed by atoms with Crippen LogP contribution in [0.25, 0.3) is 11.3 Å². The molecule has 0 radical (unpaired) electrons. The highest BCUT2D eigenvalue weighted by Crippen LogP contribution is 2.48. The van der Waals surface area contributed by atoms with E-state index in [-0.39, 0.29) is 17.6 Å². The van der Waals surface area contributed by atoms with Crippen LogP contribution in [-0.2, 0) is 24.2 Å². The van der Waals surface area contributed by atoms with Gasteiger partial charge in [-0.15, -0.1) is 0 Å². The van der Waals surface area contributed by atoms with Crippen molar-refractivity contribution in [3.8, 4) is 11.3 Å². The lowest BCUT2D eigenvalue weighted by Gasteiger charge is -2.37. The number of ether oxygens (including phenoxy) is 1. The average Bonchev–Trinajstić information content (AvgIpc) is 3.36. The highest BCUT2D eigenvalue weighted by Gasteiger charge is 2.55. The van der Waals surface area contributed by atoms with Crippen molar-refractivity contribution < 1.29 is 14.3 Å². The molecular weight excluding hydrogens is 432 g/mol. The van der Waals surface area contributed by atoms with Gasteiger partial charge in [0.25, 0.3) is 5.91 Å². The van der Waals surface area contributed by atoms with E-state index < -0.39 is 17.6 Å². The van der Waals surface area contributed by atoms with E-state index in [9.17, 15) is 9.59 Å². The fourth-order valence-corrected chi connectivity index (χ4v) is 4.46. The smallest absolute Gasteiger partial charge is 0.411 e. The van der Waals surface area contributed by atoms with Gasteiger partial charge in [-0.25, -0.2) is 10.2 Å². The van der Waals surface area contributed by atoms with E-state index in [1.165, 1.54) is 0 Å². The second-order valence-electron chi connectivity index (χ2n) is 9.33. The van der Waals surface area contributed by atoms with Crippen LogP contribution in [-0.4, -0.2) is 37.8 Å². The lowest BCUT2D eigenvalue weighted by atomic mass is 10.0. The molecule has 2 heterocycles. The zero-order valence-electron chi connectivity index (χ0n) is 18.7. The van der Waals surface area contributed by atoms with Crippen molar-refractivity contribution in [2.24, 2.45) is 5.22 Å². The fraction of sp³-hybridized carbons (Fsp3) is 0.500. The molecule has 1 aliphatic carbocycles. The van der Waals surface area contributed by atoms with Crippen molar-refractivity contribution in [1.82, 2.24) is 20.1 Å². The number of benzene rings is 1. The van der Waals surface area contributed by atoms with Crippen LogP contribution in [0, 0.1) is 5.53 Å². The van der Waals surface area contributed by atoms with Gasteiger partial charge in [0, 0.05) is 10.6 Å². The summed E-state index contributed by atoms with van der Waals surface area (Å²) in [5.41, 5.74) is 11.3. The third-order valence-electron chi connectivity index (χ3n) is 5.92. The van der Waals surface area contributed by atoms with Gasteiger partial charge < -0.3 is 4.74 Å². The van der Waals surface area contributed by atoms with Crippen LogP contribution in [0.4, 0.5) is 4.79 Å². The SMILES string of the molecule is CCc1ccc(-c2nn3c(c2C(=O)NN=N)CN(C(=O)OC(C)(C)C)C2(CC2)C3)cc1Cl. The average molecular weight is 459 g/mol. The summed E-state index contributed by atoms with van der Waals surface area (Å²) in [5.74, 6) is -0.553. The largest absolute Gasteiger partial charge is 0.444 e. The van der Waals surface area contributed by atoms with Crippen LogP contribution in [0.3, 0.4) is 0 Å². The Balaban J connectivity index is 1.80. The number of amides is 2. The molecule has 2 N–H and O–H groups in total. The number of fused-ring (bicyclic) bond motifs is 1. The van der Waals surface area contributed by atoms with Gasteiger partial charge >= 0.3 is 6.09 Å². The maximum Gasteiger partial charge on any atom is 0.411 e. The van der Waals surface area contributed by atoms with Crippen molar-refractivity contribution >= 4 is 23.6 Å². The van der Waals surface area contributed by atoms with Crippen LogP contribution in [0.15, 0.2) is 23.4 Å². The number of aryl methyl sites for hydroxylation is 1. The number of nitrogens with one attached hydrogen (secondary N) is 2. The predicted octanol–water partition coefficient (Wildman–Crippen LogP) is 4.72. The van der Waals surface area contributed by atoms with Gasteiger partial charge in [-0.3, -0.25) is 14.4 Å². The zero-order valence-corrected chi connectivity index (χ0v) is 19.4. The first-order valence-corrected chi connectivity index (χ1v) is 11.0. The Kier molecular flexibility index (Phi) is 5.48. The minimum atomic E-state index is -0.627. The van der Waals surface area contributed by atoms with Crippen LogP contribution in [0.1, 0.15) is 62.2 Å². The molecule has 1 aromatic heterocycles. The third-order valence-corrected chi connectivity index (χ3v) is 6.27. The summed E-state index contributed by atoms with van der Waals surface area (Å²) >= 11 is 6.43. The van der Waals surface area contributed by atoms with Gasteiger partial charge in [0.2, 0.25) is 0 Å². The maximum absolute atomic E-state index is 13.0. The molecule has 1 fully saturated rings. The van der Waals surface area contributed by atoms with Gasteiger partial charge in [-0.1, -0.05) is 35.9 Å². The number of rotatable bonds is 4. The van der Waals surface area contributed by atoms with E-state index in [0.29, 0.717) is 28.5 Å². The molecule has 0 unspecified atom stereocenters. The number of aromatic nitrogens is 2. The number of halogens is 1. The molecule has 0 atom stereocenters. The van der Waals surface area contributed by atoms with E-state index in [2.05, 4.69) is 10.6 Å². The number of carbonyl (C=O) groups is 2. The Morgan fingerprint density at radius 3 is 2.62 bits per heavy atom. The van der Waals surface area contributed by atoms with Gasteiger partial charge in [-0.05, 0) is 51.7 Å². The Hall–Kier alpha value is -2.94. The van der Waals surface area contributed by atoms with Crippen LogP contribution >= 0.6 is 11.6 Å². The first kappa shape index (κ1) is 22.3. The molecule has 2 amide bonds. The summed E-state index contributed by atoms with van der Waals surface area (Å²) in [5, 5.41) is 8.38. The van der Waals surface area contributed by atoms with Crippen molar-refractivity contribution in [3.05, 3.63) is 40.0 Å².